The molecule has 0 spiro atoms. The molecule has 1 N–H and O–H groups in total. The molecule has 1 aromatic rings. The van der Waals surface area contributed by atoms with Crippen LogP contribution in [0.5, 0.6) is 0 Å². The molecule has 90 valence electrons. The number of halogens is 2. The molecule has 1 rings (SSSR count). The van der Waals surface area contributed by atoms with Gasteiger partial charge in [0.25, 0.3) is 0 Å². The largest absolute Gasteiger partial charge is 0.310 e. The average Bonchev–Trinajstić information content (AvgIpc) is 2.23. The molecule has 3 heteroatoms. The van der Waals surface area contributed by atoms with Crippen molar-refractivity contribution in [1.82, 2.24) is 5.32 Å². The molecule has 16 heavy (non-hydrogen) atoms. The highest BCUT2D eigenvalue weighted by Gasteiger charge is 2.17. The highest BCUT2D eigenvalue weighted by atomic mass is 35.5. The minimum atomic E-state index is 0.325. The van der Waals surface area contributed by atoms with E-state index in [0.29, 0.717) is 22.0 Å². The van der Waals surface area contributed by atoms with Crippen LogP contribution in [0.25, 0.3) is 0 Å². The van der Waals surface area contributed by atoms with Crippen LogP contribution >= 0.6 is 23.2 Å². The van der Waals surface area contributed by atoms with Gasteiger partial charge in [-0.25, -0.2) is 0 Å². The second kappa shape index (κ2) is 6.48. The Morgan fingerprint density at radius 2 is 1.69 bits per heavy atom. The zero-order valence-electron chi connectivity index (χ0n) is 10.1. The first-order valence-electron chi connectivity index (χ1n) is 5.77. The Morgan fingerprint density at radius 1 is 1.12 bits per heavy atom. The summed E-state index contributed by atoms with van der Waals surface area (Å²) in [7, 11) is 0. The zero-order valence-corrected chi connectivity index (χ0v) is 11.6. The summed E-state index contributed by atoms with van der Waals surface area (Å²) in [4.78, 5) is 0. The van der Waals surface area contributed by atoms with E-state index < -0.39 is 0 Å². The van der Waals surface area contributed by atoms with E-state index in [0.717, 1.165) is 13.0 Å². The predicted octanol–water partition coefficient (Wildman–Crippen LogP) is 4.69. The van der Waals surface area contributed by atoms with Crippen LogP contribution in [-0.2, 0) is 0 Å². The van der Waals surface area contributed by atoms with Gasteiger partial charge in [0.05, 0.1) is 0 Å². The lowest BCUT2D eigenvalue weighted by Crippen LogP contribution is -2.26. The lowest BCUT2D eigenvalue weighted by molar-refractivity contribution is 0.384. The van der Waals surface area contributed by atoms with Gasteiger partial charge >= 0.3 is 0 Å². The molecule has 1 aromatic carbocycles. The minimum absolute atomic E-state index is 0.325. The third-order valence-corrected chi connectivity index (χ3v) is 3.32. The van der Waals surface area contributed by atoms with E-state index in [9.17, 15) is 0 Å². The van der Waals surface area contributed by atoms with Crippen LogP contribution in [0.15, 0.2) is 18.2 Å². The maximum absolute atomic E-state index is 6.03. The monoisotopic (exact) mass is 259 g/mol. The summed E-state index contributed by atoms with van der Waals surface area (Å²) in [6.45, 7) is 7.49. The predicted molar refractivity (Wildman–Crippen MR) is 72.3 cm³/mol. The third kappa shape index (κ3) is 3.65. The van der Waals surface area contributed by atoms with Gasteiger partial charge in [0, 0.05) is 16.1 Å². The van der Waals surface area contributed by atoms with Gasteiger partial charge in [0.15, 0.2) is 0 Å². The van der Waals surface area contributed by atoms with E-state index >= 15 is 0 Å². The van der Waals surface area contributed by atoms with Crippen LogP contribution in [0.1, 0.15) is 38.8 Å². The second-order valence-corrected chi connectivity index (χ2v) is 5.00. The Labute approximate surface area is 108 Å². The average molecular weight is 260 g/mol. The van der Waals surface area contributed by atoms with Gasteiger partial charge in [-0.2, -0.15) is 0 Å². The lowest BCUT2D eigenvalue weighted by Gasteiger charge is -2.24. The summed E-state index contributed by atoms with van der Waals surface area (Å²) in [5, 5.41) is 4.89. The first kappa shape index (κ1) is 13.8. The van der Waals surface area contributed by atoms with E-state index in [4.69, 9.17) is 23.2 Å². The highest BCUT2D eigenvalue weighted by Crippen LogP contribution is 2.29. The number of nitrogens with one attached hydrogen (secondary N) is 1. The first-order chi connectivity index (χ1) is 7.58. The quantitative estimate of drug-likeness (QED) is 0.809. The van der Waals surface area contributed by atoms with Gasteiger partial charge in [-0.15, -0.1) is 0 Å². The molecule has 0 aliphatic heterocycles. The number of rotatable bonds is 5. The fourth-order valence-electron chi connectivity index (χ4n) is 1.86. The Bertz CT molecular complexity index is 318. The molecular weight excluding hydrogens is 241 g/mol. The van der Waals surface area contributed by atoms with Crippen molar-refractivity contribution >= 4 is 23.2 Å². The summed E-state index contributed by atoms with van der Waals surface area (Å²) >= 11 is 12.1. The highest BCUT2D eigenvalue weighted by molar-refractivity contribution is 6.34. The zero-order chi connectivity index (χ0) is 12.1. The molecule has 0 aliphatic rings. The summed E-state index contributed by atoms with van der Waals surface area (Å²) in [5.41, 5.74) is 1.17. The molecule has 0 heterocycles. The number of hydrogen-bond acceptors (Lipinski definition) is 1. The fraction of sp³-hybridized carbons (Fsp3) is 0.538. The first-order valence-corrected chi connectivity index (χ1v) is 6.53. The van der Waals surface area contributed by atoms with E-state index in [2.05, 4.69) is 26.1 Å². The Balaban J connectivity index is 3.00. The third-order valence-electron chi connectivity index (χ3n) is 2.88. The molecule has 0 aliphatic carbocycles. The summed E-state index contributed by atoms with van der Waals surface area (Å²) < 4.78 is 0. The molecule has 2 unspecified atom stereocenters. The van der Waals surface area contributed by atoms with E-state index in [-0.39, 0.29) is 0 Å². The molecule has 2 atom stereocenters. The normalized spacial score (nSPS) is 14.8. The SMILES string of the molecule is CCNC(c1cc(Cl)cc(Cl)c1)C(C)CC. The van der Waals surface area contributed by atoms with E-state index in [1.807, 2.05) is 12.1 Å². The van der Waals surface area contributed by atoms with Crippen LogP contribution in [0, 0.1) is 5.92 Å². The molecule has 0 saturated heterocycles. The molecule has 0 amide bonds. The van der Waals surface area contributed by atoms with Gasteiger partial charge in [-0.1, -0.05) is 50.4 Å². The molecule has 0 radical (unpaired) electrons. The van der Waals surface area contributed by atoms with Crippen molar-refractivity contribution < 1.29 is 0 Å². The molecule has 0 aromatic heterocycles. The Hall–Kier alpha value is -0.240. The van der Waals surface area contributed by atoms with Gasteiger partial charge in [-0.3, -0.25) is 0 Å². The summed E-state index contributed by atoms with van der Waals surface area (Å²) in [6, 6.07) is 6.08. The van der Waals surface area contributed by atoms with Gasteiger partial charge in [0.1, 0.15) is 0 Å². The van der Waals surface area contributed by atoms with E-state index in [1.165, 1.54) is 5.56 Å². The van der Waals surface area contributed by atoms with Crippen molar-refractivity contribution in [3.05, 3.63) is 33.8 Å². The van der Waals surface area contributed by atoms with Crippen LogP contribution < -0.4 is 5.32 Å². The number of benzene rings is 1. The van der Waals surface area contributed by atoms with E-state index in [1.54, 1.807) is 6.07 Å². The van der Waals surface area contributed by atoms with Crippen LogP contribution in [0.4, 0.5) is 0 Å². The Morgan fingerprint density at radius 3 is 2.12 bits per heavy atom. The summed E-state index contributed by atoms with van der Waals surface area (Å²) in [5.74, 6) is 0.564. The topological polar surface area (TPSA) is 12.0 Å². The van der Waals surface area contributed by atoms with Crippen LogP contribution in [-0.4, -0.2) is 6.54 Å². The maximum atomic E-state index is 6.03. The van der Waals surface area contributed by atoms with Gasteiger partial charge in [0.2, 0.25) is 0 Å². The van der Waals surface area contributed by atoms with Gasteiger partial charge in [-0.05, 0) is 36.2 Å². The minimum Gasteiger partial charge on any atom is -0.310 e. The maximum Gasteiger partial charge on any atom is 0.0424 e. The van der Waals surface area contributed by atoms with Crippen LogP contribution in [0.3, 0.4) is 0 Å². The fourth-order valence-corrected chi connectivity index (χ4v) is 2.40. The lowest BCUT2D eigenvalue weighted by atomic mass is 9.92. The Kier molecular flexibility index (Phi) is 5.60. The molecule has 0 bridgehead atoms. The molecule has 0 saturated carbocycles. The smallest absolute Gasteiger partial charge is 0.0424 e. The van der Waals surface area contributed by atoms with Crippen molar-refractivity contribution in [2.75, 3.05) is 6.54 Å². The molecule has 0 fully saturated rings. The van der Waals surface area contributed by atoms with Crippen molar-refractivity contribution in [1.29, 1.82) is 0 Å². The van der Waals surface area contributed by atoms with Crippen molar-refractivity contribution in [3.63, 3.8) is 0 Å². The standard InChI is InChI=1S/C13H19Cl2N/c1-4-9(3)13(16-5-2)10-6-11(14)8-12(15)7-10/h6-9,13,16H,4-5H2,1-3H3. The second-order valence-electron chi connectivity index (χ2n) is 4.12. The van der Waals surface area contributed by atoms with Crippen molar-refractivity contribution in [2.45, 2.75) is 33.2 Å². The van der Waals surface area contributed by atoms with Crippen molar-refractivity contribution in [3.8, 4) is 0 Å². The van der Waals surface area contributed by atoms with Crippen LogP contribution in [0.2, 0.25) is 10.0 Å². The summed E-state index contributed by atoms with van der Waals surface area (Å²) in [6.07, 6.45) is 1.13. The molecule has 1 nitrogen and oxygen atoms in total. The van der Waals surface area contributed by atoms with Gasteiger partial charge < -0.3 is 5.32 Å². The van der Waals surface area contributed by atoms with Crippen molar-refractivity contribution in [2.24, 2.45) is 5.92 Å². The molecular formula is C13H19Cl2N. The number of hydrogen-bond donors (Lipinski definition) is 1.